The molecule has 2 heterocycles. The Kier molecular flexibility index (Phi) is 3.13. The second-order valence-corrected chi connectivity index (χ2v) is 5.43. The molecule has 0 saturated carbocycles. The second-order valence-electron chi connectivity index (χ2n) is 5.43. The molecule has 1 N–H and O–H groups in total. The first-order chi connectivity index (χ1) is 7.17. The highest BCUT2D eigenvalue weighted by atomic mass is 15.0. The predicted molar refractivity (Wildman–Crippen MR) is 64.4 cm³/mol. The lowest BCUT2D eigenvalue weighted by Gasteiger charge is -2.27. The van der Waals surface area contributed by atoms with Crippen molar-refractivity contribution in [3.05, 3.63) is 12.3 Å². The van der Waals surface area contributed by atoms with E-state index in [0.29, 0.717) is 0 Å². The van der Waals surface area contributed by atoms with E-state index >= 15 is 0 Å². The van der Waals surface area contributed by atoms with Crippen LogP contribution in [0.4, 0.5) is 0 Å². The zero-order valence-corrected chi connectivity index (χ0v) is 10.1. The molecular weight excluding hydrogens is 184 g/mol. The van der Waals surface area contributed by atoms with Gasteiger partial charge in [-0.3, -0.25) is 0 Å². The molecule has 0 aromatic rings. The van der Waals surface area contributed by atoms with Crippen molar-refractivity contribution >= 4 is 5.71 Å². The fourth-order valence-corrected chi connectivity index (χ4v) is 2.50. The molecule has 2 heteroatoms. The van der Waals surface area contributed by atoms with Crippen LogP contribution in [0.25, 0.3) is 0 Å². The maximum atomic E-state index is 3.41. The maximum absolute atomic E-state index is 3.41. The van der Waals surface area contributed by atoms with Crippen LogP contribution in [-0.2, 0) is 0 Å². The highest BCUT2D eigenvalue weighted by Gasteiger charge is 2.26. The van der Waals surface area contributed by atoms with Gasteiger partial charge in [0.05, 0.1) is 6.42 Å². The van der Waals surface area contributed by atoms with Gasteiger partial charge in [-0.05, 0) is 26.7 Å². The van der Waals surface area contributed by atoms with Crippen molar-refractivity contribution in [2.45, 2.75) is 51.5 Å². The summed E-state index contributed by atoms with van der Waals surface area (Å²) in [5.41, 5.74) is 1.76. The van der Waals surface area contributed by atoms with E-state index in [1.165, 1.54) is 44.5 Å². The lowest BCUT2D eigenvalue weighted by molar-refractivity contribution is -0.526. The van der Waals surface area contributed by atoms with Gasteiger partial charge in [-0.25, -0.2) is 4.58 Å². The van der Waals surface area contributed by atoms with Crippen molar-refractivity contribution in [2.75, 3.05) is 13.1 Å². The Balaban J connectivity index is 2.16. The number of hydrogen-bond donors (Lipinski definition) is 1. The number of hydrogen-bond acceptors (Lipinski definition) is 1. The molecule has 0 aromatic carbocycles. The Labute approximate surface area is 93.1 Å². The molecule has 1 fully saturated rings. The molecule has 0 amide bonds. The third-order valence-electron chi connectivity index (χ3n) is 3.39. The summed E-state index contributed by atoms with van der Waals surface area (Å²) in [5, 5.41) is 3.41. The molecule has 0 aromatic heterocycles. The van der Waals surface area contributed by atoms with Crippen molar-refractivity contribution in [1.82, 2.24) is 5.32 Å². The second kappa shape index (κ2) is 4.38. The number of nitrogens with one attached hydrogen (secondary N) is 1. The minimum atomic E-state index is 0.233. The van der Waals surface area contributed by atoms with Crippen molar-refractivity contribution in [2.24, 2.45) is 0 Å². The summed E-state index contributed by atoms with van der Waals surface area (Å²) in [6.45, 7) is 7.06. The topological polar surface area (TPSA) is 15.0 Å². The van der Waals surface area contributed by atoms with E-state index < -0.39 is 0 Å². The minimum Gasteiger partial charge on any atom is -0.385 e. The maximum Gasteiger partial charge on any atom is 0.179 e. The molecule has 0 unspecified atom stereocenters. The first kappa shape index (κ1) is 10.7. The van der Waals surface area contributed by atoms with Gasteiger partial charge in [0, 0.05) is 30.7 Å². The van der Waals surface area contributed by atoms with Gasteiger partial charge < -0.3 is 5.32 Å². The van der Waals surface area contributed by atoms with E-state index in [0.717, 1.165) is 6.42 Å². The van der Waals surface area contributed by atoms with Gasteiger partial charge in [-0.15, -0.1) is 0 Å². The Morgan fingerprint density at radius 2 is 1.80 bits per heavy atom. The smallest absolute Gasteiger partial charge is 0.179 e. The minimum absolute atomic E-state index is 0.233. The molecule has 1 saturated heterocycles. The van der Waals surface area contributed by atoms with Gasteiger partial charge in [-0.1, -0.05) is 0 Å². The standard InChI is InChI=1S/C13H22N2/c1-13(2)11-12(7-8-14-13)15-9-5-3-4-6-10-15/h7-8H,3-6,9-11H2,1-2H3/p+1. The van der Waals surface area contributed by atoms with E-state index in [4.69, 9.17) is 0 Å². The monoisotopic (exact) mass is 207 g/mol. The average molecular weight is 207 g/mol. The molecule has 84 valence electrons. The van der Waals surface area contributed by atoms with Gasteiger partial charge in [0.1, 0.15) is 13.1 Å². The van der Waals surface area contributed by atoms with Crippen LogP contribution in [0, 0.1) is 0 Å². The van der Waals surface area contributed by atoms with Crippen molar-refractivity contribution in [3.63, 3.8) is 0 Å². The van der Waals surface area contributed by atoms with Crippen molar-refractivity contribution in [3.8, 4) is 0 Å². The number of allylic oxidation sites excluding steroid dienone is 1. The third kappa shape index (κ3) is 2.83. The van der Waals surface area contributed by atoms with Crippen molar-refractivity contribution in [1.29, 1.82) is 0 Å². The molecule has 0 atom stereocenters. The Bertz CT molecular complexity index is 277. The van der Waals surface area contributed by atoms with E-state index in [9.17, 15) is 0 Å². The van der Waals surface area contributed by atoms with Crippen molar-refractivity contribution < 1.29 is 4.58 Å². The lowest BCUT2D eigenvalue weighted by atomic mass is 9.94. The molecule has 2 nitrogen and oxygen atoms in total. The van der Waals surface area contributed by atoms with Gasteiger partial charge in [-0.2, -0.15) is 0 Å². The summed E-state index contributed by atoms with van der Waals surface area (Å²) in [6.07, 6.45) is 11.1. The molecule has 0 radical (unpaired) electrons. The normalized spacial score (nSPS) is 26.0. The summed E-state index contributed by atoms with van der Waals surface area (Å²) < 4.78 is 2.59. The zero-order valence-electron chi connectivity index (χ0n) is 10.1. The summed E-state index contributed by atoms with van der Waals surface area (Å²) in [5.74, 6) is 0. The average Bonchev–Trinajstić information content (AvgIpc) is 2.44. The first-order valence-electron chi connectivity index (χ1n) is 6.22. The molecular formula is C13H23N2+. The Hall–Kier alpha value is -0.790. The highest BCUT2D eigenvalue weighted by molar-refractivity contribution is 5.92. The molecule has 2 aliphatic rings. The van der Waals surface area contributed by atoms with Gasteiger partial charge in [0.15, 0.2) is 5.71 Å². The van der Waals surface area contributed by atoms with Gasteiger partial charge in [0.2, 0.25) is 0 Å². The van der Waals surface area contributed by atoms with Crippen LogP contribution in [0.2, 0.25) is 0 Å². The van der Waals surface area contributed by atoms with Crippen LogP contribution in [0.3, 0.4) is 0 Å². The molecule has 2 aliphatic heterocycles. The van der Waals surface area contributed by atoms with Crippen LogP contribution < -0.4 is 5.32 Å². The molecule has 2 rings (SSSR count). The summed E-state index contributed by atoms with van der Waals surface area (Å²) in [6, 6.07) is 0. The van der Waals surface area contributed by atoms with E-state index in [-0.39, 0.29) is 5.54 Å². The van der Waals surface area contributed by atoms with Crippen LogP contribution in [-0.4, -0.2) is 28.9 Å². The van der Waals surface area contributed by atoms with Gasteiger partial charge >= 0.3 is 0 Å². The molecule has 0 aliphatic carbocycles. The quantitative estimate of drug-likeness (QED) is 0.602. The SMILES string of the molecule is CC1(C)CC(=[N+]2CCCCCC2)C=CN1. The number of nitrogens with zero attached hydrogens (tertiary/aromatic N) is 1. The summed E-state index contributed by atoms with van der Waals surface area (Å²) in [4.78, 5) is 0. The van der Waals surface area contributed by atoms with Crippen LogP contribution >= 0.6 is 0 Å². The van der Waals surface area contributed by atoms with E-state index in [2.05, 4.69) is 36.0 Å². The molecule has 0 spiro atoms. The first-order valence-corrected chi connectivity index (χ1v) is 6.22. The third-order valence-corrected chi connectivity index (χ3v) is 3.39. The largest absolute Gasteiger partial charge is 0.385 e. The van der Waals surface area contributed by atoms with E-state index in [1.807, 2.05) is 0 Å². The Morgan fingerprint density at radius 3 is 2.40 bits per heavy atom. The Morgan fingerprint density at radius 1 is 1.13 bits per heavy atom. The fraction of sp³-hybridized carbons (Fsp3) is 0.769. The van der Waals surface area contributed by atoms with E-state index in [1.54, 1.807) is 0 Å². The van der Waals surface area contributed by atoms with Gasteiger partial charge in [0.25, 0.3) is 0 Å². The lowest BCUT2D eigenvalue weighted by Crippen LogP contribution is -2.42. The van der Waals surface area contributed by atoms with Crippen LogP contribution in [0.1, 0.15) is 46.0 Å². The van der Waals surface area contributed by atoms with Crippen LogP contribution in [0.5, 0.6) is 0 Å². The summed E-state index contributed by atoms with van der Waals surface area (Å²) >= 11 is 0. The number of rotatable bonds is 0. The zero-order chi connectivity index (χ0) is 10.7. The fourth-order valence-electron chi connectivity index (χ4n) is 2.50. The molecule has 0 bridgehead atoms. The molecule has 15 heavy (non-hydrogen) atoms. The predicted octanol–water partition coefficient (Wildman–Crippen LogP) is 2.30. The van der Waals surface area contributed by atoms with Crippen LogP contribution in [0.15, 0.2) is 12.3 Å². The highest BCUT2D eigenvalue weighted by Crippen LogP contribution is 2.16. The summed E-state index contributed by atoms with van der Waals surface area (Å²) in [7, 11) is 0.